The van der Waals surface area contributed by atoms with E-state index in [2.05, 4.69) is 57.4 Å². The van der Waals surface area contributed by atoms with Crippen LogP contribution < -0.4 is 0 Å². The number of rotatable bonds is 5. The van der Waals surface area contributed by atoms with Crippen molar-refractivity contribution in [3.05, 3.63) is 70.8 Å². The molecule has 0 aliphatic rings. The van der Waals surface area contributed by atoms with Crippen LogP contribution in [-0.2, 0) is 0 Å². The second-order valence-electron chi connectivity index (χ2n) is 4.70. The lowest BCUT2D eigenvalue weighted by Crippen LogP contribution is -1.99. The molecule has 0 aromatic heterocycles. The highest BCUT2D eigenvalue weighted by Gasteiger charge is 2.13. The van der Waals surface area contributed by atoms with Gasteiger partial charge in [0, 0.05) is 0 Å². The van der Waals surface area contributed by atoms with Gasteiger partial charge in [-0.05, 0) is 61.1 Å². The van der Waals surface area contributed by atoms with Crippen LogP contribution >= 0.6 is 0 Å². The van der Waals surface area contributed by atoms with Gasteiger partial charge in [0.15, 0.2) is 0 Å². The maximum absolute atomic E-state index is 3.98. The Bertz CT molecular complexity index is 593. The quantitative estimate of drug-likeness (QED) is 0.554. The Hall–Kier alpha value is -2.08. The van der Waals surface area contributed by atoms with Gasteiger partial charge in [-0.15, -0.1) is 0 Å². The van der Waals surface area contributed by atoms with Crippen LogP contribution in [-0.4, -0.2) is 0 Å². The van der Waals surface area contributed by atoms with Gasteiger partial charge in [0.1, 0.15) is 0 Å². The van der Waals surface area contributed by atoms with Crippen LogP contribution in [0.25, 0.3) is 24.3 Å². The molecule has 0 amide bonds. The molecule has 0 N–H and O–H groups in total. The standard InChI is InChI=1S/C20H24/c1-7-11-14-20-15(5)17(10-4)18(12-8-2)16(6)19(20)13-9-3/h7-14H,1,4H2,2-3,5-6H3/b12-8-,13-9-,14-11-. The van der Waals surface area contributed by atoms with Crippen LogP contribution in [0.2, 0.25) is 0 Å². The van der Waals surface area contributed by atoms with Crippen molar-refractivity contribution >= 4 is 24.3 Å². The highest BCUT2D eigenvalue weighted by atomic mass is 14.2. The first-order chi connectivity index (χ1) is 9.62. The van der Waals surface area contributed by atoms with E-state index in [1.807, 2.05) is 32.1 Å². The van der Waals surface area contributed by atoms with E-state index in [4.69, 9.17) is 0 Å². The van der Waals surface area contributed by atoms with Crippen molar-refractivity contribution in [3.8, 4) is 0 Å². The van der Waals surface area contributed by atoms with E-state index in [1.165, 1.54) is 33.4 Å². The minimum Gasteiger partial charge on any atom is -0.0991 e. The molecule has 0 bridgehead atoms. The zero-order valence-electron chi connectivity index (χ0n) is 13.0. The molecule has 0 unspecified atom stereocenters. The summed E-state index contributed by atoms with van der Waals surface area (Å²) in [6.45, 7) is 16.1. The number of benzene rings is 1. The molecule has 104 valence electrons. The third-order valence-electron chi connectivity index (χ3n) is 3.47. The van der Waals surface area contributed by atoms with Gasteiger partial charge in [0.25, 0.3) is 0 Å². The molecular weight excluding hydrogens is 240 g/mol. The molecule has 0 aliphatic heterocycles. The average Bonchev–Trinajstić information content (AvgIpc) is 2.44. The normalized spacial score (nSPS) is 11.8. The van der Waals surface area contributed by atoms with E-state index in [0.717, 1.165) is 0 Å². The lowest BCUT2D eigenvalue weighted by atomic mass is 9.87. The fraction of sp³-hybridized carbons (Fsp3) is 0.200. The minimum atomic E-state index is 1.21. The predicted molar refractivity (Wildman–Crippen MR) is 94.7 cm³/mol. The SMILES string of the molecule is C=C/C=C\c1c(C)c(C=C)c(/C=C\C)c(C)c1/C=C\C. The van der Waals surface area contributed by atoms with Gasteiger partial charge in [-0.25, -0.2) is 0 Å². The van der Waals surface area contributed by atoms with E-state index >= 15 is 0 Å². The molecule has 0 saturated heterocycles. The molecule has 0 spiro atoms. The van der Waals surface area contributed by atoms with E-state index in [-0.39, 0.29) is 0 Å². The minimum absolute atomic E-state index is 1.21. The maximum Gasteiger partial charge on any atom is -0.0146 e. The van der Waals surface area contributed by atoms with Gasteiger partial charge in [-0.1, -0.05) is 61.8 Å². The summed E-state index contributed by atoms with van der Waals surface area (Å²) < 4.78 is 0. The molecule has 0 atom stereocenters. The molecule has 0 fully saturated rings. The number of allylic oxidation sites excluding steroid dienone is 4. The summed E-state index contributed by atoms with van der Waals surface area (Å²) in [5.74, 6) is 0. The summed E-state index contributed by atoms with van der Waals surface area (Å²) in [4.78, 5) is 0. The van der Waals surface area contributed by atoms with Crippen LogP contribution in [0.1, 0.15) is 47.2 Å². The van der Waals surface area contributed by atoms with Crippen LogP contribution in [0.5, 0.6) is 0 Å². The van der Waals surface area contributed by atoms with Crippen molar-refractivity contribution < 1.29 is 0 Å². The van der Waals surface area contributed by atoms with Crippen molar-refractivity contribution in [2.75, 3.05) is 0 Å². The molecule has 0 radical (unpaired) electrons. The Kier molecular flexibility index (Phi) is 5.99. The Morgan fingerprint density at radius 1 is 0.700 bits per heavy atom. The van der Waals surface area contributed by atoms with Gasteiger partial charge in [-0.2, -0.15) is 0 Å². The first-order valence-electron chi connectivity index (χ1n) is 6.96. The second kappa shape index (κ2) is 7.49. The number of hydrogen-bond acceptors (Lipinski definition) is 0. The summed E-state index contributed by atoms with van der Waals surface area (Å²) >= 11 is 0. The molecule has 1 aromatic carbocycles. The van der Waals surface area contributed by atoms with Crippen molar-refractivity contribution in [3.63, 3.8) is 0 Å². The molecule has 0 heterocycles. The molecule has 1 aromatic rings. The van der Waals surface area contributed by atoms with Gasteiger partial charge >= 0.3 is 0 Å². The van der Waals surface area contributed by atoms with Crippen molar-refractivity contribution in [1.82, 2.24) is 0 Å². The van der Waals surface area contributed by atoms with E-state index in [9.17, 15) is 0 Å². The van der Waals surface area contributed by atoms with Crippen molar-refractivity contribution in [2.24, 2.45) is 0 Å². The van der Waals surface area contributed by atoms with Gasteiger partial charge < -0.3 is 0 Å². The van der Waals surface area contributed by atoms with Crippen molar-refractivity contribution in [1.29, 1.82) is 0 Å². The third-order valence-corrected chi connectivity index (χ3v) is 3.47. The van der Waals surface area contributed by atoms with E-state index in [0.29, 0.717) is 0 Å². The largest absolute Gasteiger partial charge is 0.0991 e. The summed E-state index contributed by atoms with van der Waals surface area (Å²) in [6, 6.07) is 0. The van der Waals surface area contributed by atoms with Gasteiger partial charge in [0.2, 0.25) is 0 Å². The number of hydrogen-bond donors (Lipinski definition) is 0. The third kappa shape index (κ3) is 3.08. The summed E-state index contributed by atoms with van der Waals surface area (Å²) in [5.41, 5.74) is 7.50. The molecular formula is C20H24. The second-order valence-corrected chi connectivity index (χ2v) is 4.70. The molecule has 0 saturated carbocycles. The fourth-order valence-electron chi connectivity index (χ4n) is 2.50. The maximum atomic E-state index is 3.98. The Balaban J connectivity index is 3.83. The molecule has 1 rings (SSSR count). The topological polar surface area (TPSA) is 0 Å². The summed E-state index contributed by atoms with van der Waals surface area (Å²) in [7, 11) is 0. The van der Waals surface area contributed by atoms with Crippen LogP contribution in [0.4, 0.5) is 0 Å². The van der Waals surface area contributed by atoms with E-state index < -0.39 is 0 Å². The van der Waals surface area contributed by atoms with Gasteiger partial charge in [-0.3, -0.25) is 0 Å². The Morgan fingerprint density at radius 2 is 1.15 bits per heavy atom. The molecule has 20 heavy (non-hydrogen) atoms. The zero-order valence-corrected chi connectivity index (χ0v) is 13.0. The van der Waals surface area contributed by atoms with Crippen LogP contribution in [0.3, 0.4) is 0 Å². The average molecular weight is 264 g/mol. The van der Waals surface area contributed by atoms with Crippen LogP contribution in [0.15, 0.2) is 37.5 Å². The fourth-order valence-corrected chi connectivity index (χ4v) is 2.50. The Labute approximate surface area is 123 Å². The molecule has 0 heteroatoms. The molecule has 0 aliphatic carbocycles. The highest BCUT2D eigenvalue weighted by molar-refractivity contribution is 5.81. The zero-order chi connectivity index (χ0) is 15.1. The lowest BCUT2D eigenvalue weighted by molar-refractivity contribution is 1.31. The van der Waals surface area contributed by atoms with E-state index in [1.54, 1.807) is 0 Å². The molecule has 0 nitrogen and oxygen atoms in total. The Morgan fingerprint density at radius 3 is 1.60 bits per heavy atom. The first kappa shape index (κ1) is 16.0. The van der Waals surface area contributed by atoms with Gasteiger partial charge in [0.05, 0.1) is 0 Å². The first-order valence-corrected chi connectivity index (χ1v) is 6.96. The summed E-state index contributed by atoms with van der Waals surface area (Å²) in [5, 5.41) is 0. The lowest BCUT2D eigenvalue weighted by Gasteiger charge is -2.17. The predicted octanol–water partition coefficient (Wildman–Crippen LogP) is 6.21. The highest BCUT2D eigenvalue weighted by Crippen LogP contribution is 2.31. The monoisotopic (exact) mass is 264 g/mol. The smallest absolute Gasteiger partial charge is 0.0146 e. The summed E-state index contributed by atoms with van der Waals surface area (Å²) in [6.07, 6.45) is 16.4. The van der Waals surface area contributed by atoms with Crippen LogP contribution in [0, 0.1) is 13.8 Å². The van der Waals surface area contributed by atoms with Crippen molar-refractivity contribution in [2.45, 2.75) is 27.7 Å².